The summed E-state index contributed by atoms with van der Waals surface area (Å²) in [6, 6.07) is 11.4. The maximum Gasteiger partial charge on any atom is 0.262 e. The van der Waals surface area contributed by atoms with E-state index < -0.39 is 11.8 Å². The van der Waals surface area contributed by atoms with Gasteiger partial charge < -0.3 is 20.7 Å². The number of nitrogens with one attached hydrogen (secondary N) is 1. The van der Waals surface area contributed by atoms with E-state index in [-0.39, 0.29) is 31.4 Å². The zero-order valence-electron chi connectivity index (χ0n) is 14.7. The molecule has 146 valence electrons. The van der Waals surface area contributed by atoms with Crippen LogP contribution in [0.1, 0.15) is 6.42 Å². The number of hydrogen-bond donors (Lipinski definition) is 2. The van der Waals surface area contributed by atoms with Crippen molar-refractivity contribution in [3.05, 3.63) is 52.5 Å². The minimum absolute atomic E-state index is 0.114. The third kappa shape index (κ3) is 4.74. The zero-order valence-corrected chi connectivity index (χ0v) is 16.2. The minimum Gasteiger partial charge on any atom is -0.484 e. The molecular weight excluding hydrogens is 405 g/mol. The molecule has 1 fully saturated rings. The van der Waals surface area contributed by atoms with Gasteiger partial charge in [-0.3, -0.25) is 14.4 Å². The summed E-state index contributed by atoms with van der Waals surface area (Å²) < 4.78 is 5.45. The van der Waals surface area contributed by atoms with Gasteiger partial charge in [0.05, 0.1) is 16.0 Å². The number of rotatable bonds is 6. The van der Waals surface area contributed by atoms with Gasteiger partial charge in [-0.05, 0) is 42.5 Å². The van der Waals surface area contributed by atoms with Crippen LogP contribution in [0.25, 0.3) is 0 Å². The Balaban J connectivity index is 1.54. The smallest absolute Gasteiger partial charge is 0.262 e. The lowest BCUT2D eigenvalue weighted by molar-refractivity contribution is -0.123. The number of halogens is 2. The first kappa shape index (κ1) is 20.0. The van der Waals surface area contributed by atoms with Crippen molar-refractivity contribution in [1.82, 2.24) is 0 Å². The summed E-state index contributed by atoms with van der Waals surface area (Å²) in [6.07, 6.45) is 0.114. The average Bonchev–Trinajstić information content (AvgIpc) is 3.06. The molecule has 0 radical (unpaired) electrons. The Bertz CT molecular complexity index is 918. The molecule has 2 aromatic rings. The highest BCUT2D eigenvalue weighted by Crippen LogP contribution is 2.27. The molecule has 1 heterocycles. The van der Waals surface area contributed by atoms with Crippen molar-refractivity contribution < 1.29 is 19.1 Å². The molecular formula is C19H17Cl2N3O4. The molecule has 9 heteroatoms. The van der Waals surface area contributed by atoms with Gasteiger partial charge in [0, 0.05) is 24.3 Å². The van der Waals surface area contributed by atoms with E-state index in [0.29, 0.717) is 27.2 Å². The lowest BCUT2D eigenvalue weighted by Crippen LogP contribution is -2.28. The van der Waals surface area contributed by atoms with Gasteiger partial charge in [0.25, 0.3) is 5.91 Å². The number of anilines is 2. The van der Waals surface area contributed by atoms with E-state index in [1.807, 2.05) is 0 Å². The normalized spacial score (nSPS) is 16.1. The third-order valence-corrected chi connectivity index (χ3v) is 4.99. The lowest BCUT2D eigenvalue weighted by Gasteiger charge is -2.16. The zero-order chi connectivity index (χ0) is 20.3. The Kier molecular flexibility index (Phi) is 6.06. The van der Waals surface area contributed by atoms with Crippen molar-refractivity contribution in [2.75, 3.05) is 23.4 Å². The van der Waals surface area contributed by atoms with Crippen LogP contribution in [0.3, 0.4) is 0 Å². The quantitative estimate of drug-likeness (QED) is 0.748. The second-order valence-corrected chi connectivity index (χ2v) is 7.08. The summed E-state index contributed by atoms with van der Waals surface area (Å²) in [6.45, 7) is 0.0619. The highest BCUT2D eigenvalue weighted by atomic mass is 35.5. The Morgan fingerprint density at radius 2 is 1.86 bits per heavy atom. The van der Waals surface area contributed by atoms with E-state index in [9.17, 15) is 14.4 Å². The molecule has 0 saturated carbocycles. The molecule has 2 aromatic carbocycles. The average molecular weight is 422 g/mol. The summed E-state index contributed by atoms with van der Waals surface area (Å²) in [7, 11) is 0. The number of nitrogens with two attached hydrogens (primary N) is 1. The lowest BCUT2D eigenvalue weighted by atomic mass is 10.1. The van der Waals surface area contributed by atoms with Crippen molar-refractivity contribution in [2.24, 2.45) is 11.7 Å². The molecule has 28 heavy (non-hydrogen) atoms. The van der Waals surface area contributed by atoms with E-state index in [1.54, 1.807) is 42.5 Å². The van der Waals surface area contributed by atoms with E-state index in [0.717, 1.165) is 0 Å². The van der Waals surface area contributed by atoms with Crippen LogP contribution in [0.4, 0.5) is 11.4 Å². The van der Waals surface area contributed by atoms with Gasteiger partial charge in [-0.25, -0.2) is 0 Å². The Hall–Kier alpha value is -2.77. The van der Waals surface area contributed by atoms with Crippen molar-refractivity contribution >= 4 is 52.3 Å². The van der Waals surface area contributed by atoms with Crippen molar-refractivity contribution in [2.45, 2.75) is 6.42 Å². The summed E-state index contributed by atoms with van der Waals surface area (Å²) >= 11 is 11.7. The first-order valence-electron chi connectivity index (χ1n) is 8.41. The molecule has 1 aliphatic heterocycles. The highest BCUT2D eigenvalue weighted by Gasteiger charge is 2.33. The second-order valence-electron chi connectivity index (χ2n) is 6.27. The standard InChI is InChI=1S/C19H17Cl2N3O4/c20-15-6-1-12(8-16(15)21)23-17(25)10-28-14-4-2-13(3-5-14)24-9-11(19(22)27)7-18(24)26/h1-6,8,11H,7,9-10H2,(H2,22,27)(H,23,25). The van der Waals surface area contributed by atoms with Crippen LogP contribution in [-0.2, 0) is 14.4 Å². The first-order valence-corrected chi connectivity index (χ1v) is 9.16. The maximum absolute atomic E-state index is 12.0. The van der Waals surface area contributed by atoms with Gasteiger partial charge >= 0.3 is 0 Å². The van der Waals surface area contributed by atoms with Crippen LogP contribution in [0.5, 0.6) is 5.75 Å². The molecule has 7 nitrogen and oxygen atoms in total. The first-order chi connectivity index (χ1) is 13.3. The monoisotopic (exact) mass is 421 g/mol. The molecule has 0 spiro atoms. The van der Waals surface area contributed by atoms with Crippen LogP contribution < -0.4 is 20.7 Å². The van der Waals surface area contributed by atoms with E-state index in [1.165, 1.54) is 4.90 Å². The molecule has 1 unspecified atom stereocenters. The topological polar surface area (TPSA) is 102 Å². The fourth-order valence-electron chi connectivity index (χ4n) is 2.79. The number of amides is 3. The van der Waals surface area contributed by atoms with Gasteiger partial charge in [-0.1, -0.05) is 23.2 Å². The van der Waals surface area contributed by atoms with Crippen LogP contribution in [0.15, 0.2) is 42.5 Å². The molecule has 3 rings (SSSR count). The van der Waals surface area contributed by atoms with Gasteiger partial charge in [0.2, 0.25) is 11.8 Å². The van der Waals surface area contributed by atoms with Crippen LogP contribution >= 0.6 is 23.2 Å². The summed E-state index contributed by atoms with van der Waals surface area (Å²) in [4.78, 5) is 36.8. The van der Waals surface area contributed by atoms with E-state index >= 15 is 0 Å². The molecule has 1 saturated heterocycles. The van der Waals surface area contributed by atoms with Crippen molar-refractivity contribution in [1.29, 1.82) is 0 Å². The number of hydrogen-bond acceptors (Lipinski definition) is 4. The van der Waals surface area contributed by atoms with E-state index in [2.05, 4.69) is 5.32 Å². The molecule has 3 amide bonds. The van der Waals surface area contributed by atoms with Crippen LogP contribution in [-0.4, -0.2) is 30.9 Å². The molecule has 3 N–H and O–H groups in total. The van der Waals surface area contributed by atoms with Gasteiger partial charge in [-0.15, -0.1) is 0 Å². The predicted molar refractivity (Wildman–Crippen MR) is 107 cm³/mol. The fourth-order valence-corrected chi connectivity index (χ4v) is 3.09. The molecule has 0 aliphatic carbocycles. The second kappa shape index (κ2) is 8.50. The van der Waals surface area contributed by atoms with Gasteiger partial charge in [-0.2, -0.15) is 0 Å². The summed E-state index contributed by atoms with van der Waals surface area (Å²) in [5.41, 5.74) is 6.42. The van der Waals surface area contributed by atoms with E-state index in [4.69, 9.17) is 33.7 Å². The Morgan fingerprint density at radius 1 is 1.14 bits per heavy atom. The number of carbonyl (C=O) groups is 3. The van der Waals surface area contributed by atoms with Gasteiger partial charge in [0.15, 0.2) is 6.61 Å². The fraction of sp³-hybridized carbons (Fsp3) is 0.211. The molecule has 0 bridgehead atoms. The largest absolute Gasteiger partial charge is 0.484 e. The molecule has 1 atom stereocenters. The number of benzene rings is 2. The molecule has 0 aromatic heterocycles. The van der Waals surface area contributed by atoms with Gasteiger partial charge in [0.1, 0.15) is 5.75 Å². The Labute approximate surface area is 171 Å². The predicted octanol–water partition coefficient (Wildman–Crippen LogP) is 2.85. The minimum atomic E-state index is -0.483. The van der Waals surface area contributed by atoms with Crippen molar-refractivity contribution in [3.63, 3.8) is 0 Å². The van der Waals surface area contributed by atoms with Crippen LogP contribution in [0, 0.1) is 5.92 Å². The number of ether oxygens (including phenoxy) is 1. The van der Waals surface area contributed by atoms with Crippen molar-refractivity contribution in [3.8, 4) is 5.75 Å². The van der Waals surface area contributed by atoms with Crippen LogP contribution in [0.2, 0.25) is 10.0 Å². The SMILES string of the molecule is NC(=O)C1CC(=O)N(c2ccc(OCC(=O)Nc3ccc(Cl)c(Cl)c3)cc2)C1. The third-order valence-electron chi connectivity index (χ3n) is 4.25. The Morgan fingerprint density at radius 3 is 2.46 bits per heavy atom. The highest BCUT2D eigenvalue weighted by molar-refractivity contribution is 6.42. The number of primary amides is 1. The molecule has 1 aliphatic rings. The number of carbonyl (C=O) groups excluding carboxylic acids is 3. The maximum atomic E-state index is 12.0. The number of nitrogens with zero attached hydrogens (tertiary/aromatic N) is 1. The summed E-state index contributed by atoms with van der Waals surface area (Å²) in [5.74, 6) is -1.01. The summed E-state index contributed by atoms with van der Waals surface area (Å²) in [5, 5.41) is 3.39.